The normalized spacial score (nSPS) is 16.8. The fourth-order valence-corrected chi connectivity index (χ4v) is 5.43. The number of anilines is 2. The third kappa shape index (κ3) is 5.92. The van der Waals surface area contributed by atoms with Crippen molar-refractivity contribution in [3.8, 4) is 22.3 Å². The molecule has 0 saturated carbocycles. The smallest absolute Gasteiger partial charge is 0.411 e. The number of aromatic nitrogens is 1. The maximum atomic E-state index is 14.7. The van der Waals surface area contributed by atoms with Gasteiger partial charge in [0, 0.05) is 23.2 Å². The molecule has 10 heteroatoms. The average molecular weight is 592 g/mol. The lowest BCUT2D eigenvalue weighted by molar-refractivity contribution is -0.614. The molecular formula is C32H28ClF2N3O4. The van der Waals surface area contributed by atoms with Crippen molar-refractivity contribution in [2.75, 3.05) is 17.7 Å². The van der Waals surface area contributed by atoms with Crippen molar-refractivity contribution in [3.05, 3.63) is 106 Å². The first-order chi connectivity index (χ1) is 20.2. The lowest BCUT2D eigenvalue weighted by Crippen LogP contribution is -2.34. The minimum atomic E-state index is -0.931. The summed E-state index contributed by atoms with van der Waals surface area (Å²) in [6, 6.07) is 18.1. The largest absolute Gasteiger partial charge is 0.618 e. The molecule has 5 rings (SSSR count). The Hall–Kier alpha value is -4.50. The summed E-state index contributed by atoms with van der Waals surface area (Å²) >= 11 is 5.87. The molecule has 0 saturated heterocycles. The summed E-state index contributed by atoms with van der Waals surface area (Å²) in [5.74, 6) is -2.61. The summed E-state index contributed by atoms with van der Waals surface area (Å²) in [5.41, 5.74) is 3.48. The molecular weight excluding hydrogens is 564 g/mol. The summed E-state index contributed by atoms with van der Waals surface area (Å²) in [6.45, 7) is 1.84. The van der Waals surface area contributed by atoms with E-state index in [9.17, 15) is 23.6 Å². The van der Waals surface area contributed by atoms with Crippen molar-refractivity contribution in [3.63, 3.8) is 0 Å². The monoisotopic (exact) mass is 591 g/mol. The Morgan fingerprint density at radius 2 is 1.88 bits per heavy atom. The number of pyridine rings is 1. The molecule has 1 aliphatic rings. The highest BCUT2D eigenvalue weighted by atomic mass is 35.5. The number of hydrogen-bond acceptors (Lipinski definition) is 4. The van der Waals surface area contributed by atoms with Crippen LogP contribution in [0.5, 0.6) is 0 Å². The van der Waals surface area contributed by atoms with Crippen LogP contribution in [0, 0.1) is 22.8 Å². The van der Waals surface area contributed by atoms with E-state index in [1.54, 1.807) is 24.3 Å². The highest BCUT2D eigenvalue weighted by Gasteiger charge is 2.26. The maximum absolute atomic E-state index is 14.7. The summed E-state index contributed by atoms with van der Waals surface area (Å²) in [5, 5.41) is 18.8. The van der Waals surface area contributed by atoms with Crippen LogP contribution >= 0.6 is 11.6 Å². The Morgan fingerprint density at radius 1 is 1.07 bits per heavy atom. The molecule has 0 radical (unpaired) electrons. The summed E-state index contributed by atoms with van der Waals surface area (Å²) in [6.07, 6.45) is 2.30. The molecule has 4 aromatic rings. The Kier molecular flexibility index (Phi) is 8.40. The number of ether oxygens (including phenoxy) is 1. The molecule has 2 bridgehead atoms. The molecule has 0 fully saturated rings. The predicted molar refractivity (Wildman–Crippen MR) is 157 cm³/mol. The van der Waals surface area contributed by atoms with Gasteiger partial charge in [-0.25, -0.2) is 13.6 Å². The van der Waals surface area contributed by atoms with Crippen molar-refractivity contribution in [1.29, 1.82) is 0 Å². The molecule has 216 valence electrons. The van der Waals surface area contributed by atoms with Crippen LogP contribution in [0.4, 0.5) is 25.0 Å². The zero-order chi connectivity index (χ0) is 30.0. The van der Waals surface area contributed by atoms with Crippen molar-refractivity contribution in [2.45, 2.75) is 32.1 Å². The van der Waals surface area contributed by atoms with Crippen LogP contribution in [0.3, 0.4) is 0 Å². The van der Waals surface area contributed by atoms with Gasteiger partial charge in [-0.15, -0.1) is 0 Å². The van der Waals surface area contributed by atoms with Gasteiger partial charge >= 0.3 is 6.09 Å². The SMILES string of the molecule is COC(=O)Nc1ccc2c(c1)NC(=O)[C@@H](C)CCC[C@@H](c1ccc(-c3c(F)ccc(Cl)c3F)c[n+]1[O-])c1cccc-2c1. The van der Waals surface area contributed by atoms with Crippen molar-refractivity contribution < 1.29 is 27.8 Å². The van der Waals surface area contributed by atoms with Crippen molar-refractivity contribution >= 4 is 35.0 Å². The first kappa shape index (κ1) is 29.0. The zero-order valence-corrected chi connectivity index (χ0v) is 23.7. The van der Waals surface area contributed by atoms with Crippen molar-refractivity contribution in [1.82, 2.24) is 0 Å². The number of nitrogens with zero attached hydrogens (tertiary/aromatic N) is 1. The fraction of sp³-hybridized carbons (Fsp3) is 0.219. The van der Waals surface area contributed by atoms with E-state index in [0.29, 0.717) is 41.1 Å². The van der Waals surface area contributed by atoms with E-state index in [0.717, 1.165) is 35.0 Å². The number of rotatable bonds is 3. The van der Waals surface area contributed by atoms with E-state index in [1.807, 2.05) is 31.2 Å². The molecule has 0 aliphatic carbocycles. The minimum Gasteiger partial charge on any atom is -0.618 e. The minimum absolute atomic E-state index is 0.0729. The Morgan fingerprint density at radius 3 is 2.64 bits per heavy atom. The summed E-state index contributed by atoms with van der Waals surface area (Å²) < 4.78 is 34.5. The fourth-order valence-electron chi connectivity index (χ4n) is 5.27. The number of hydrogen-bond donors (Lipinski definition) is 2. The third-order valence-electron chi connectivity index (χ3n) is 7.52. The van der Waals surface area contributed by atoms with Crippen LogP contribution in [0.25, 0.3) is 22.3 Å². The van der Waals surface area contributed by atoms with Gasteiger partial charge in [-0.3, -0.25) is 10.1 Å². The Balaban J connectivity index is 1.59. The predicted octanol–water partition coefficient (Wildman–Crippen LogP) is 7.65. The number of nitrogens with one attached hydrogen (secondary N) is 2. The van der Waals surface area contributed by atoms with Gasteiger partial charge in [-0.2, -0.15) is 4.73 Å². The maximum Gasteiger partial charge on any atom is 0.411 e. The first-order valence-electron chi connectivity index (χ1n) is 13.4. The first-order valence-corrected chi connectivity index (χ1v) is 13.8. The van der Waals surface area contributed by atoms with Crippen LogP contribution < -0.4 is 15.4 Å². The zero-order valence-electron chi connectivity index (χ0n) is 22.9. The number of carbonyl (C=O) groups excluding carboxylic acids is 2. The molecule has 1 aromatic heterocycles. The van der Waals surface area contributed by atoms with E-state index in [2.05, 4.69) is 15.4 Å². The summed E-state index contributed by atoms with van der Waals surface area (Å²) in [4.78, 5) is 24.9. The van der Waals surface area contributed by atoms with Gasteiger partial charge < -0.3 is 15.3 Å². The number of halogens is 3. The lowest BCUT2D eigenvalue weighted by atomic mass is 9.86. The van der Waals surface area contributed by atoms with Gasteiger partial charge in [0.05, 0.1) is 34.9 Å². The molecule has 0 spiro atoms. The van der Waals surface area contributed by atoms with Crippen LogP contribution in [0.1, 0.15) is 43.4 Å². The molecule has 2 atom stereocenters. The highest BCUT2D eigenvalue weighted by Crippen LogP contribution is 2.37. The molecule has 2 N–H and O–H groups in total. The lowest BCUT2D eigenvalue weighted by Gasteiger charge is -2.22. The van der Waals surface area contributed by atoms with E-state index in [-0.39, 0.29) is 33.9 Å². The average Bonchev–Trinajstić information content (AvgIpc) is 2.97. The second kappa shape index (κ2) is 12.2. The second-order valence-corrected chi connectivity index (χ2v) is 10.7. The number of benzene rings is 3. The van der Waals surface area contributed by atoms with Gasteiger partial charge in [0.15, 0.2) is 17.7 Å². The van der Waals surface area contributed by atoms with Gasteiger partial charge in [-0.1, -0.05) is 55.3 Å². The summed E-state index contributed by atoms with van der Waals surface area (Å²) in [7, 11) is 1.27. The van der Waals surface area contributed by atoms with Gasteiger partial charge in [-0.05, 0) is 54.3 Å². The van der Waals surface area contributed by atoms with Gasteiger partial charge in [0.25, 0.3) is 0 Å². The van der Waals surface area contributed by atoms with E-state index >= 15 is 0 Å². The van der Waals surface area contributed by atoms with Gasteiger partial charge in [0.2, 0.25) is 5.91 Å². The van der Waals surface area contributed by atoms with E-state index in [1.165, 1.54) is 13.2 Å². The second-order valence-electron chi connectivity index (χ2n) is 10.3. The van der Waals surface area contributed by atoms with E-state index in [4.69, 9.17) is 11.6 Å². The number of amides is 2. The van der Waals surface area contributed by atoms with Crippen LogP contribution in [0.15, 0.2) is 72.9 Å². The molecule has 42 heavy (non-hydrogen) atoms. The van der Waals surface area contributed by atoms with Crippen LogP contribution in [-0.4, -0.2) is 19.1 Å². The molecule has 2 heterocycles. The number of methoxy groups -OCH3 is 1. The third-order valence-corrected chi connectivity index (χ3v) is 7.81. The van der Waals surface area contributed by atoms with Crippen LogP contribution in [-0.2, 0) is 9.53 Å². The standard InChI is InChI=1S/C32H28ClF2N3O4/c1-18-5-3-8-24(28-14-9-21(17-38(28)41)29-26(34)13-12-25(33)30(29)35)20-7-4-6-19(15-20)23-11-10-22(36-32(40)42-2)16-27(23)37-31(18)39/h4,6-7,9-18,24H,3,5,8H2,1-2H3,(H,36,40)(H,37,39)/t18-,24+/m0/s1. The molecule has 7 nitrogen and oxygen atoms in total. The van der Waals surface area contributed by atoms with Crippen LogP contribution in [0.2, 0.25) is 5.02 Å². The Bertz CT molecular complexity index is 1680. The molecule has 2 amide bonds. The number of carbonyl (C=O) groups is 2. The van der Waals surface area contributed by atoms with Gasteiger partial charge in [0.1, 0.15) is 5.82 Å². The molecule has 3 aromatic carbocycles. The molecule has 0 unspecified atom stereocenters. The Labute approximate surface area is 246 Å². The highest BCUT2D eigenvalue weighted by molar-refractivity contribution is 6.31. The number of fused-ring (bicyclic) bond motifs is 4. The topological polar surface area (TPSA) is 94.4 Å². The molecule has 1 aliphatic heterocycles. The van der Waals surface area contributed by atoms with E-state index < -0.39 is 17.7 Å². The quantitative estimate of drug-likeness (QED) is 0.145. The van der Waals surface area contributed by atoms with Crippen molar-refractivity contribution in [2.24, 2.45) is 5.92 Å².